The Hall–Kier alpha value is -1.02. The second-order valence-corrected chi connectivity index (χ2v) is 4.31. The van der Waals surface area contributed by atoms with E-state index in [0.29, 0.717) is 0 Å². The van der Waals surface area contributed by atoms with Gasteiger partial charge in [-0.05, 0) is 44.9 Å². The monoisotopic (exact) mass is 193 g/mol. The van der Waals surface area contributed by atoms with E-state index in [1.54, 1.807) is 7.11 Å². The minimum absolute atomic E-state index is 0.360. The normalized spacial score (nSPS) is 11.6. The second kappa shape index (κ2) is 3.62. The summed E-state index contributed by atoms with van der Waals surface area (Å²) in [6, 6.07) is 4.04. The van der Waals surface area contributed by atoms with Gasteiger partial charge in [-0.1, -0.05) is 6.07 Å². The molecular formula is C12H19NO. The first-order valence-electron chi connectivity index (χ1n) is 4.81. The molecular weight excluding hydrogens is 174 g/mol. The van der Waals surface area contributed by atoms with Crippen molar-refractivity contribution >= 4 is 0 Å². The van der Waals surface area contributed by atoms with Crippen LogP contribution in [-0.2, 0) is 5.54 Å². The van der Waals surface area contributed by atoms with Gasteiger partial charge in [-0.3, -0.25) is 0 Å². The molecule has 0 aliphatic rings. The lowest BCUT2D eigenvalue weighted by atomic mass is 9.88. The number of hydrogen-bond donors (Lipinski definition) is 1. The van der Waals surface area contributed by atoms with Crippen molar-refractivity contribution in [3.05, 3.63) is 28.8 Å². The third-order valence-corrected chi connectivity index (χ3v) is 2.56. The van der Waals surface area contributed by atoms with Crippen LogP contribution in [0.25, 0.3) is 0 Å². The molecule has 2 N–H and O–H groups in total. The maximum atomic E-state index is 6.12. The van der Waals surface area contributed by atoms with Crippen molar-refractivity contribution < 1.29 is 4.74 Å². The van der Waals surface area contributed by atoms with Crippen molar-refractivity contribution in [3.63, 3.8) is 0 Å². The molecule has 0 radical (unpaired) electrons. The molecule has 1 aromatic carbocycles. The number of aryl methyl sites for hydroxylation is 1. The fourth-order valence-electron chi connectivity index (χ4n) is 1.76. The lowest BCUT2D eigenvalue weighted by Crippen LogP contribution is -2.30. The van der Waals surface area contributed by atoms with Gasteiger partial charge in [0.05, 0.1) is 7.11 Å². The maximum absolute atomic E-state index is 6.12. The van der Waals surface area contributed by atoms with E-state index >= 15 is 0 Å². The summed E-state index contributed by atoms with van der Waals surface area (Å²) in [4.78, 5) is 0. The van der Waals surface area contributed by atoms with Crippen molar-refractivity contribution in [1.29, 1.82) is 0 Å². The van der Waals surface area contributed by atoms with Gasteiger partial charge in [0.15, 0.2) is 0 Å². The number of rotatable bonds is 2. The summed E-state index contributed by atoms with van der Waals surface area (Å²) in [6.07, 6.45) is 0. The predicted molar refractivity (Wildman–Crippen MR) is 59.7 cm³/mol. The Morgan fingerprint density at radius 1 is 1.21 bits per heavy atom. The Morgan fingerprint density at radius 2 is 1.79 bits per heavy atom. The van der Waals surface area contributed by atoms with E-state index in [4.69, 9.17) is 10.5 Å². The van der Waals surface area contributed by atoms with Crippen molar-refractivity contribution in [1.82, 2.24) is 0 Å². The van der Waals surface area contributed by atoms with E-state index < -0.39 is 0 Å². The zero-order chi connectivity index (χ0) is 10.9. The molecule has 2 nitrogen and oxygen atoms in total. The number of ether oxygens (including phenoxy) is 1. The van der Waals surface area contributed by atoms with Crippen LogP contribution in [0.4, 0.5) is 0 Å². The van der Waals surface area contributed by atoms with Crippen LogP contribution in [0.5, 0.6) is 5.75 Å². The zero-order valence-electron chi connectivity index (χ0n) is 9.64. The number of methoxy groups -OCH3 is 1. The summed E-state index contributed by atoms with van der Waals surface area (Å²) in [5.41, 5.74) is 9.33. The fraction of sp³-hybridized carbons (Fsp3) is 0.500. The smallest absolute Gasteiger partial charge is 0.124 e. The molecule has 78 valence electrons. The van der Waals surface area contributed by atoms with Crippen LogP contribution < -0.4 is 10.5 Å². The zero-order valence-corrected chi connectivity index (χ0v) is 9.64. The summed E-state index contributed by atoms with van der Waals surface area (Å²) >= 11 is 0. The Labute approximate surface area is 86.1 Å². The molecule has 0 amide bonds. The molecule has 0 aliphatic carbocycles. The molecule has 1 aromatic rings. The van der Waals surface area contributed by atoms with E-state index in [1.165, 1.54) is 11.1 Å². The number of nitrogens with two attached hydrogens (primary N) is 1. The first-order chi connectivity index (χ1) is 6.38. The van der Waals surface area contributed by atoms with Gasteiger partial charge in [0, 0.05) is 11.1 Å². The molecule has 0 aliphatic heterocycles. The molecule has 0 fully saturated rings. The van der Waals surface area contributed by atoms with Crippen molar-refractivity contribution in [2.24, 2.45) is 5.73 Å². The highest BCUT2D eigenvalue weighted by atomic mass is 16.5. The number of hydrogen-bond acceptors (Lipinski definition) is 2. The van der Waals surface area contributed by atoms with E-state index in [1.807, 2.05) is 19.9 Å². The summed E-state index contributed by atoms with van der Waals surface area (Å²) in [7, 11) is 1.68. The quantitative estimate of drug-likeness (QED) is 0.783. The van der Waals surface area contributed by atoms with Gasteiger partial charge in [0.25, 0.3) is 0 Å². The first-order valence-corrected chi connectivity index (χ1v) is 4.81. The molecule has 14 heavy (non-hydrogen) atoms. The molecule has 0 unspecified atom stereocenters. The predicted octanol–water partition coefficient (Wildman–Crippen LogP) is 2.51. The number of benzene rings is 1. The van der Waals surface area contributed by atoms with E-state index in [0.717, 1.165) is 11.3 Å². The molecule has 0 bridgehead atoms. The highest BCUT2D eigenvalue weighted by Gasteiger charge is 2.22. The maximum Gasteiger partial charge on any atom is 0.124 e. The summed E-state index contributed by atoms with van der Waals surface area (Å²) in [5, 5.41) is 0. The van der Waals surface area contributed by atoms with Crippen molar-refractivity contribution in [2.75, 3.05) is 7.11 Å². The van der Waals surface area contributed by atoms with Gasteiger partial charge >= 0.3 is 0 Å². The third kappa shape index (κ3) is 1.90. The average Bonchev–Trinajstić information content (AvgIpc) is 2.07. The molecule has 0 spiro atoms. The molecule has 1 rings (SSSR count). The van der Waals surface area contributed by atoms with Gasteiger partial charge in [0.1, 0.15) is 5.75 Å². The molecule has 0 aromatic heterocycles. The first kappa shape index (κ1) is 11.1. The molecule has 0 heterocycles. The van der Waals surface area contributed by atoms with Crippen LogP contribution in [0.2, 0.25) is 0 Å². The van der Waals surface area contributed by atoms with Crippen LogP contribution in [0.3, 0.4) is 0 Å². The van der Waals surface area contributed by atoms with E-state index in [2.05, 4.69) is 19.9 Å². The van der Waals surface area contributed by atoms with Crippen LogP contribution >= 0.6 is 0 Å². The Balaban J connectivity index is 3.44. The highest BCUT2D eigenvalue weighted by molar-refractivity contribution is 5.47. The standard InChI is InChI=1S/C12H19NO/c1-8-6-7-10(14-5)11(9(8)2)12(3,4)13/h6-7H,13H2,1-5H3. The fourth-order valence-corrected chi connectivity index (χ4v) is 1.76. The summed E-state index contributed by atoms with van der Waals surface area (Å²) < 4.78 is 5.33. The van der Waals surface area contributed by atoms with Crippen LogP contribution in [0, 0.1) is 13.8 Å². The van der Waals surface area contributed by atoms with Crippen molar-refractivity contribution in [3.8, 4) is 5.75 Å². The molecule has 0 atom stereocenters. The van der Waals surface area contributed by atoms with Crippen molar-refractivity contribution in [2.45, 2.75) is 33.2 Å². The average molecular weight is 193 g/mol. The second-order valence-electron chi connectivity index (χ2n) is 4.31. The molecule has 0 saturated carbocycles. The Bertz CT molecular complexity index is 337. The van der Waals surface area contributed by atoms with Crippen LogP contribution in [-0.4, -0.2) is 7.11 Å². The summed E-state index contributed by atoms with van der Waals surface area (Å²) in [6.45, 7) is 8.17. The van der Waals surface area contributed by atoms with Gasteiger partial charge in [-0.2, -0.15) is 0 Å². The van der Waals surface area contributed by atoms with Gasteiger partial charge in [-0.15, -0.1) is 0 Å². The van der Waals surface area contributed by atoms with Gasteiger partial charge < -0.3 is 10.5 Å². The minimum atomic E-state index is -0.360. The van der Waals surface area contributed by atoms with Crippen LogP contribution in [0.15, 0.2) is 12.1 Å². The minimum Gasteiger partial charge on any atom is -0.496 e. The van der Waals surface area contributed by atoms with Gasteiger partial charge in [-0.25, -0.2) is 0 Å². The van der Waals surface area contributed by atoms with E-state index in [-0.39, 0.29) is 5.54 Å². The van der Waals surface area contributed by atoms with E-state index in [9.17, 15) is 0 Å². The SMILES string of the molecule is COc1ccc(C)c(C)c1C(C)(C)N. The largest absolute Gasteiger partial charge is 0.496 e. The molecule has 0 saturated heterocycles. The third-order valence-electron chi connectivity index (χ3n) is 2.56. The lowest BCUT2D eigenvalue weighted by Gasteiger charge is -2.25. The summed E-state index contributed by atoms with van der Waals surface area (Å²) in [5.74, 6) is 0.876. The highest BCUT2D eigenvalue weighted by Crippen LogP contribution is 2.32. The van der Waals surface area contributed by atoms with Crippen LogP contribution in [0.1, 0.15) is 30.5 Å². The topological polar surface area (TPSA) is 35.2 Å². The Morgan fingerprint density at radius 3 is 2.21 bits per heavy atom. The molecule has 2 heteroatoms. The van der Waals surface area contributed by atoms with Gasteiger partial charge in [0.2, 0.25) is 0 Å². The lowest BCUT2D eigenvalue weighted by molar-refractivity contribution is 0.393. The Kier molecular flexibility index (Phi) is 2.86.